The Kier molecular flexibility index (Phi) is 3.34. The molecule has 0 radical (unpaired) electrons. The molecule has 1 aliphatic rings. The smallest absolute Gasteiger partial charge is 0.189 e. The van der Waals surface area contributed by atoms with Gasteiger partial charge in [0, 0.05) is 42.8 Å². The maximum atomic E-state index is 11.9. The van der Waals surface area contributed by atoms with E-state index < -0.39 is 0 Å². The first-order valence-electron chi connectivity index (χ1n) is 5.65. The molecule has 0 unspecified atom stereocenters. The van der Waals surface area contributed by atoms with Crippen LogP contribution >= 0.6 is 0 Å². The Labute approximate surface area is 95.8 Å². The zero-order chi connectivity index (χ0) is 11.4. The van der Waals surface area contributed by atoms with Crippen LogP contribution in [0.3, 0.4) is 0 Å². The van der Waals surface area contributed by atoms with Crippen LogP contribution in [0, 0.1) is 0 Å². The number of nitrogens with zero attached hydrogens (tertiary/aromatic N) is 2. The molecule has 0 atom stereocenters. The summed E-state index contributed by atoms with van der Waals surface area (Å²) >= 11 is 0. The highest BCUT2D eigenvalue weighted by molar-refractivity contribution is 6.04. The molecule has 2 rings (SSSR count). The molecule has 16 heavy (non-hydrogen) atoms. The molecule has 1 aromatic rings. The summed E-state index contributed by atoms with van der Waals surface area (Å²) in [6.45, 7) is 4.14. The Morgan fingerprint density at radius 2 is 2.19 bits per heavy atom. The average Bonchev–Trinajstić information content (AvgIpc) is 2.83. The highest BCUT2D eigenvalue weighted by Crippen LogP contribution is 2.14. The standard InChI is InChI=1S/C13H16N2O/c1-11(15-7-2-3-8-15)9-13(16)12-5-4-6-14-10-12/h4-6,9-10H,2-3,7-8H2,1H3/b11-9-. The fourth-order valence-electron chi connectivity index (χ4n) is 1.94. The molecule has 0 bridgehead atoms. The fraction of sp³-hybridized carbons (Fsp3) is 0.385. The summed E-state index contributed by atoms with van der Waals surface area (Å²) in [5.41, 5.74) is 1.72. The van der Waals surface area contributed by atoms with E-state index in [1.165, 1.54) is 12.8 Å². The summed E-state index contributed by atoms with van der Waals surface area (Å²) < 4.78 is 0. The van der Waals surface area contributed by atoms with E-state index in [-0.39, 0.29) is 5.78 Å². The number of carbonyl (C=O) groups is 1. The molecule has 0 amide bonds. The molecule has 0 aliphatic carbocycles. The Morgan fingerprint density at radius 1 is 1.44 bits per heavy atom. The molecule has 1 aliphatic heterocycles. The van der Waals surface area contributed by atoms with E-state index in [1.54, 1.807) is 30.6 Å². The lowest BCUT2D eigenvalue weighted by atomic mass is 10.1. The van der Waals surface area contributed by atoms with Crippen molar-refractivity contribution in [3.05, 3.63) is 41.9 Å². The molecule has 0 aromatic carbocycles. The number of hydrogen-bond donors (Lipinski definition) is 0. The number of hydrogen-bond acceptors (Lipinski definition) is 3. The molecule has 1 fully saturated rings. The zero-order valence-electron chi connectivity index (χ0n) is 9.52. The van der Waals surface area contributed by atoms with Crippen molar-refractivity contribution in [2.24, 2.45) is 0 Å². The van der Waals surface area contributed by atoms with E-state index in [2.05, 4.69) is 9.88 Å². The van der Waals surface area contributed by atoms with Crippen molar-refractivity contribution in [2.45, 2.75) is 19.8 Å². The predicted octanol–water partition coefficient (Wildman–Crippen LogP) is 2.26. The Balaban J connectivity index is 2.08. The lowest BCUT2D eigenvalue weighted by molar-refractivity contribution is 0.104. The van der Waals surface area contributed by atoms with Crippen molar-refractivity contribution >= 4 is 5.78 Å². The topological polar surface area (TPSA) is 33.2 Å². The number of likely N-dealkylation sites (tertiary alicyclic amines) is 1. The zero-order valence-corrected chi connectivity index (χ0v) is 9.52. The molecule has 2 heterocycles. The molecule has 0 saturated carbocycles. The Hall–Kier alpha value is -1.64. The van der Waals surface area contributed by atoms with Gasteiger partial charge in [0.15, 0.2) is 5.78 Å². The van der Waals surface area contributed by atoms with Crippen molar-refractivity contribution < 1.29 is 4.79 Å². The van der Waals surface area contributed by atoms with Crippen molar-refractivity contribution in [2.75, 3.05) is 13.1 Å². The van der Waals surface area contributed by atoms with Crippen LogP contribution in [0.2, 0.25) is 0 Å². The lowest BCUT2D eigenvalue weighted by Crippen LogP contribution is -2.17. The van der Waals surface area contributed by atoms with Gasteiger partial charge in [0.1, 0.15) is 0 Å². The van der Waals surface area contributed by atoms with Gasteiger partial charge in [0.25, 0.3) is 0 Å². The van der Waals surface area contributed by atoms with Gasteiger partial charge in [0.05, 0.1) is 0 Å². The SMILES string of the molecule is C/C(=C/C(=O)c1cccnc1)N1CCCC1. The summed E-state index contributed by atoms with van der Waals surface area (Å²) in [6.07, 6.45) is 7.45. The number of aromatic nitrogens is 1. The largest absolute Gasteiger partial charge is 0.375 e. The summed E-state index contributed by atoms with van der Waals surface area (Å²) in [4.78, 5) is 18.1. The Bertz CT molecular complexity index is 392. The predicted molar refractivity (Wildman–Crippen MR) is 63.1 cm³/mol. The molecular weight excluding hydrogens is 200 g/mol. The van der Waals surface area contributed by atoms with Gasteiger partial charge in [-0.3, -0.25) is 9.78 Å². The highest BCUT2D eigenvalue weighted by Gasteiger charge is 2.12. The fourth-order valence-corrected chi connectivity index (χ4v) is 1.94. The molecule has 0 N–H and O–H groups in total. The van der Waals surface area contributed by atoms with Crippen LogP contribution in [0.4, 0.5) is 0 Å². The van der Waals surface area contributed by atoms with Crippen LogP contribution in [0.1, 0.15) is 30.1 Å². The Morgan fingerprint density at radius 3 is 2.81 bits per heavy atom. The quantitative estimate of drug-likeness (QED) is 0.574. The van der Waals surface area contributed by atoms with Gasteiger partial charge in [-0.1, -0.05) is 0 Å². The number of rotatable bonds is 3. The molecule has 0 spiro atoms. The van der Waals surface area contributed by atoms with Crippen LogP contribution in [-0.2, 0) is 0 Å². The monoisotopic (exact) mass is 216 g/mol. The molecule has 3 heteroatoms. The highest BCUT2D eigenvalue weighted by atomic mass is 16.1. The minimum absolute atomic E-state index is 0.0394. The van der Waals surface area contributed by atoms with Crippen LogP contribution in [0.25, 0.3) is 0 Å². The summed E-state index contributed by atoms with van der Waals surface area (Å²) in [6, 6.07) is 3.58. The third kappa shape index (κ3) is 2.48. The van der Waals surface area contributed by atoms with Gasteiger partial charge < -0.3 is 4.90 Å². The molecular formula is C13H16N2O. The van der Waals surface area contributed by atoms with Gasteiger partial charge in [-0.15, -0.1) is 0 Å². The van der Waals surface area contributed by atoms with Crippen LogP contribution in [-0.4, -0.2) is 28.8 Å². The number of pyridine rings is 1. The van der Waals surface area contributed by atoms with Crippen LogP contribution in [0.15, 0.2) is 36.3 Å². The van der Waals surface area contributed by atoms with Gasteiger partial charge >= 0.3 is 0 Å². The van der Waals surface area contributed by atoms with Crippen molar-refractivity contribution in [3.8, 4) is 0 Å². The van der Waals surface area contributed by atoms with E-state index in [4.69, 9.17) is 0 Å². The van der Waals surface area contributed by atoms with Crippen LogP contribution in [0.5, 0.6) is 0 Å². The second kappa shape index (κ2) is 4.92. The maximum Gasteiger partial charge on any atom is 0.189 e. The minimum atomic E-state index is 0.0394. The van der Waals surface area contributed by atoms with Crippen molar-refractivity contribution in [3.63, 3.8) is 0 Å². The van der Waals surface area contributed by atoms with E-state index in [0.29, 0.717) is 5.56 Å². The summed E-state index contributed by atoms with van der Waals surface area (Å²) in [5.74, 6) is 0.0394. The normalized spacial score (nSPS) is 16.6. The maximum absolute atomic E-state index is 11.9. The van der Waals surface area contributed by atoms with Gasteiger partial charge in [0.2, 0.25) is 0 Å². The second-order valence-corrected chi connectivity index (χ2v) is 4.09. The lowest BCUT2D eigenvalue weighted by Gasteiger charge is -2.17. The van der Waals surface area contributed by atoms with E-state index >= 15 is 0 Å². The summed E-state index contributed by atoms with van der Waals surface area (Å²) in [7, 11) is 0. The van der Waals surface area contributed by atoms with E-state index in [9.17, 15) is 4.79 Å². The van der Waals surface area contributed by atoms with E-state index in [1.807, 2.05) is 6.92 Å². The minimum Gasteiger partial charge on any atom is -0.375 e. The third-order valence-corrected chi connectivity index (χ3v) is 2.89. The van der Waals surface area contributed by atoms with Gasteiger partial charge in [-0.25, -0.2) is 0 Å². The first-order chi connectivity index (χ1) is 7.77. The average molecular weight is 216 g/mol. The molecule has 84 valence electrons. The van der Waals surface area contributed by atoms with Crippen LogP contribution < -0.4 is 0 Å². The molecule has 1 saturated heterocycles. The molecule has 3 nitrogen and oxygen atoms in total. The first-order valence-corrected chi connectivity index (χ1v) is 5.65. The second-order valence-electron chi connectivity index (χ2n) is 4.09. The number of carbonyl (C=O) groups excluding carboxylic acids is 1. The van der Waals surface area contributed by atoms with Gasteiger partial charge in [-0.2, -0.15) is 0 Å². The number of allylic oxidation sites excluding steroid dienone is 2. The third-order valence-electron chi connectivity index (χ3n) is 2.89. The van der Waals surface area contributed by atoms with E-state index in [0.717, 1.165) is 18.8 Å². The summed E-state index contributed by atoms with van der Waals surface area (Å²) in [5, 5.41) is 0. The van der Waals surface area contributed by atoms with Crippen molar-refractivity contribution in [1.29, 1.82) is 0 Å². The van der Waals surface area contributed by atoms with Gasteiger partial charge in [-0.05, 0) is 31.9 Å². The molecule has 1 aromatic heterocycles. The van der Waals surface area contributed by atoms with Crippen molar-refractivity contribution in [1.82, 2.24) is 9.88 Å². The number of ketones is 1. The first kappa shape index (κ1) is 10.9.